The number of rotatable bonds is 37. The highest BCUT2D eigenvalue weighted by Crippen LogP contribution is 2.38. The number of ether oxygens (including phenoxy) is 2. The van der Waals surface area contributed by atoms with Gasteiger partial charge in [0.2, 0.25) is 0 Å². The number of esters is 2. The number of nitrogens with zero attached hydrogens (tertiary/aromatic N) is 1. The first-order chi connectivity index (χ1) is 28.2. The lowest BCUT2D eigenvalue weighted by Gasteiger charge is -2.28. The minimum Gasteiger partial charge on any atom is -0.756 e. The zero-order valence-electron chi connectivity index (χ0n) is 37.4. The third-order valence-corrected chi connectivity index (χ3v) is 11.5. The molecule has 0 aromatic heterocycles. The van der Waals surface area contributed by atoms with Gasteiger partial charge in [-0.3, -0.25) is 18.9 Å². The van der Waals surface area contributed by atoms with Crippen LogP contribution in [0.15, 0.2) is 36.5 Å². The van der Waals surface area contributed by atoms with E-state index in [4.69, 9.17) is 18.5 Å². The molecule has 0 radical (unpaired) electrons. The summed E-state index contributed by atoms with van der Waals surface area (Å²) >= 11 is 0. The Balaban J connectivity index is 2.51. The number of phosphoric acid groups is 1. The molecule has 0 aliphatic heterocycles. The number of phosphoric ester groups is 1. The topological polar surface area (TPSA) is 169 Å². The van der Waals surface area contributed by atoms with Gasteiger partial charge in [-0.1, -0.05) is 121 Å². The molecule has 1 fully saturated rings. The maximum Gasteiger partial charge on any atom is 0.306 e. The quantitative estimate of drug-likeness (QED) is 0.0201. The van der Waals surface area contributed by atoms with Gasteiger partial charge in [0.15, 0.2) is 6.10 Å². The minimum atomic E-state index is -4.70. The van der Waals surface area contributed by atoms with Crippen molar-refractivity contribution in [2.24, 2.45) is 11.8 Å². The Morgan fingerprint density at radius 1 is 0.797 bits per heavy atom. The standard InChI is InChI=1S/C46H82NO11P/c1-6-8-10-11-12-13-14-15-16-17-18-19-20-21-26-30-45(51)55-37-40(38-57-59(53,54)56-35-34-47(3,4)5)58-46(52)31-27-23-22-25-29-41-42(44(50)36-43(41)49)33-32-39(48)28-24-9-7-2/h15-16,22,25,32-33,39-43,48-49H,6-14,17-21,23-24,26-31,34-38H2,1-5H3/b16-15-,25-22-,33-32+/t39-,40+,41+,42+,43-/m0/s1. The van der Waals surface area contributed by atoms with Crippen LogP contribution >= 0.6 is 7.82 Å². The molecule has 0 aromatic rings. The fraction of sp³-hybridized carbons (Fsp3) is 0.804. The first kappa shape index (κ1) is 54.8. The first-order valence-corrected chi connectivity index (χ1v) is 24.3. The molecule has 13 heteroatoms. The van der Waals surface area contributed by atoms with Crippen LogP contribution in [0.1, 0.15) is 162 Å². The van der Waals surface area contributed by atoms with E-state index in [1.807, 2.05) is 33.3 Å². The van der Waals surface area contributed by atoms with Gasteiger partial charge in [0.1, 0.15) is 25.5 Å². The number of allylic oxidation sites excluding steroid dienone is 5. The van der Waals surface area contributed by atoms with Gasteiger partial charge in [-0.05, 0) is 57.8 Å². The van der Waals surface area contributed by atoms with Crippen LogP contribution in [0.25, 0.3) is 0 Å². The van der Waals surface area contributed by atoms with E-state index in [-0.39, 0.29) is 44.2 Å². The van der Waals surface area contributed by atoms with E-state index >= 15 is 0 Å². The number of unbranched alkanes of at least 4 members (excludes halogenated alkanes) is 14. The van der Waals surface area contributed by atoms with E-state index in [2.05, 4.69) is 26.0 Å². The van der Waals surface area contributed by atoms with Crippen molar-refractivity contribution in [3.05, 3.63) is 36.5 Å². The number of likely N-dealkylation sites (N-methyl/N-ethyl adjacent to an activating group) is 1. The van der Waals surface area contributed by atoms with E-state index in [1.54, 1.807) is 12.2 Å². The van der Waals surface area contributed by atoms with Gasteiger partial charge in [0.25, 0.3) is 7.82 Å². The maximum absolute atomic E-state index is 12.8. The molecule has 1 saturated carbocycles. The molecule has 12 nitrogen and oxygen atoms in total. The molecule has 0 spiro atoms. The Bertz CT molecular complexity index is 1260. The SMILES string of the molecule is CCCCCCCC/C=C\CCCCCCCC(=O)OC[C@H](COP(=O)([O-])OCC[N+](C)(C)C)OC(=O)CCC/C=C\C[C@H]1[C@@H](O)CC(=O)[C@@H]1/C=C/[C@@H](O)CCCCC. The zero-order chi connectivity index (χ0) is 43.8. The van der Waals surface area contributed by atoms with Gasteiger partial charge in [0.05, 0.1) is 40.0 Å². The third-order valence-electron chi connectivity index (χ3n) is 10.5. The van der Waals surface area contributed by atoms with E-state index in [9.17, 15) is 34.1 Å². The third kappa shape index (κ3) is 30.5. The molecule has 59 heavy (non-hydrogen) atoms. The van der Waals surface area contributed by atoms with Crippen molar-refractivity contribution in [2.75, 3.05) is 47.5 Å². The molecular weight excluding hydrogens is 773 g/mol. The number of carbonyl (C=O) groups excluding carboxylic acids is 3. The molecule has 0 aromatic carbocycles. The Morgan fingerprint density at radius 2 is 1.37 bits per heavy atom. The maximum atomic E-state index is 12.8. The van der Waals surface area contributed by atoms with Crippen molar-refractivity contribution in [1.82, 2.24) is 0 Å². The van der Waals surface area contributed by atoms with E-state index in [1.165, 1.54) is 38.5 Å². The summed E-state index contributed by atoms with van der Waals surface area (Å²) in [4.78, 5) is 50.3. The van der Waals surface area contributed by atoms with Crippen LogP contribution in [0.4, 0.5) is 0 Å². The predicted molar refractivity (Wildman–Crippen MR) is 232 cm³/mol. The van der Waals surface area contributed by atoms with E-state index in [0.717, 1.165) is 57.8 Å². The molecule has 1 aliphatic carbocycles. The van der Waals surface area contributed by atoms with Crippen LogP contribution in [0.5, 0.6) is 0 Å². The van der Waals surface area contributed by atoms with Gasteiger partial charge in [-0.15, -0.1) is 0 Å². The van der Waals surface area contributed by atoms with Crippen molar-refractivity contribution in [3.63, 3.8) is 0 Å². The summed E-state index contributed by atoms with van der Waals surface area (Å²) in [5, 5.41) is 20.8. The predicted octanol–water partition coefficient (Wildman–Crippen LogP) is 8.87. The van der Waals surface area contributed by atoms with Crippen LogP contribution in [-0.2, 0) is 37.5 Å². The van der Waals surface area contributed by atoms with Crippen LogP contribution < -0.4 is 4.89 Å². The van der Waals surface area contributed by atoms with Crippen molar-refractivity contribution >= 4 is 25.5 Å². The number of carbonyl (C=O) groups is 3. The molecular formula is C46H82NO11P. The van der Waals surface area contributed by atoms with Gasteiger partial charge in [-0.25, -0.2) is 0 Å². The van der Waals surface area contributed by atoms with E-state index in [0.29, 0.717) is 43.1 Å². The van der Waals surface area contributed by atoms with E-state index < -0.39 is 50.6 Å². The number of quaternary nitrogens is 1. The van der Waals surface area contributed by atoms with Crippen molar-refractivity contribution in [1.29, 1.82) is 0 Å². The lowest BCUT2D eigenvalue weighted by molar-refractivity contribution is -0.870. The first-order valence-electron chi connectivity index (χ1n) is 22.8. The van der Waals surface area contributed by atoms with Crippen LogP contribution in [0.2, 0.25) is 0 Å². The molecule has 0 amide bonds. The lowest BCUT2D eigenvalue weighted by atomic mass is 9.90. The summed E-state index contributed by atoms with van der Waals surface area (Å²) in [6.45, 7) is 3.79. The summed E-state index contributed by atoms with van der Waals surface area (Å²) < 4.78 is 33.8. The average molecular weight is 856 g/mol. The van der Waals surface area contributed by atoms with Crippen LogP contribution in [0, 0.1) is 11.8 Å². The molecule has 1 aliphatic rings. The number of Topliss-reactive ketones (excluding diaryl/α,β-unsaturated/α-hetero) is 1. The largest absolute Gasteiger partial charge is 0.756 e. The smallest absolute Gasteiger partial charge is 0.306 e. The van der Waals surface area contributed by atoms with Gasteiger partial charge in [0, 0.05) is 31.1 Å². The Hall–Kier alpha value is -2.18. The Morgan fingerprint density at radius 3 is 2.03 bits per heavy atom. The Kier molecular flexibility index (Phi) is 31.1. The summed E-state index contributed by atoms with van der Waals surface area (Å²) in [7, 11) is 0.996. The minimum absolute atomic E-state index is 0.0323. The zero-order valence-corrected chi connectivity index (χ0v) is 38.3. The highest BCUT2D eigenvalue weighted by molar-refractivity contribution is 7.45. The highest BCUT2D eigenvalue weighted by atomic mass is 31.2. The molecule has 6 atom stereocenters. The van der Waals surface area contributed by atoms with Crippen molar-refractivity contribution < 1.29 is 57.1 Å². The second kappa shape index (κ2) is 33.4. The van der Waals surface area contributed by atoms with Crippen LogP contribution in [0.3, 0.4) is 0 Å². The number of aliphatic hydroxyl groups excluding tert-OH is 2. The highest BCUT2D eigenvalue weighted by Gasteiger charge is 2.39. The normalized spacial score (nSPS) is 19.5. The molecule has 342 valence electrons. The molecule has 2 N–H and O–H groups in total. The fourth-order valence-electron chi connectivity index (χ4n) is 6.81. The molecule has 1 unspecified atom stereocenters. The lowest BCUT2D eigenvalue weighted by Crippen LogP contribution is -2.37. The van der Waals surface area contributed by atoms with Crippen molar-refractivity contribution in [2.45, 2.75) is 180 Å². The van der Waals surface area contributed by atoms with Crippen LogP contribution in [-0.4, -0.2) is 98.2 Å². The van der Waals surface area contributed by atoms with Gasteiger partial charge in [-0.2, -0.15) is 0 Å². The molecule has 0 saturated heterocycles. The summed E-state index contributed by atoms with van der Waals surface area (Å²) in [6, 6.07) is 0. The monoisotopic (exact) mass is 856 g/mol. The molecule has 0 heterocycles. The second-order valence-corrected chi connectivity index (χ2v) is 18.6. The number of hydrogen-bond acceptors (Lipinski definition) is 11. The van der Waals surface area contributed by atoms with Crippen molar-refractivity contribution in [3.8, 4) is 0 Å². The number of ketones is 1. The van der Waals surface area contributed by atoms with Gasteiger partial charge < -0.3 is 38.1 Å². The fourth-order valence-corrected chi connectivity index (χ4v) is 7.53. The molecule has 1 rings (SSSR count). The Labute approximate surface area is 357 Å². The number of aliphatic hydroxyl groups is 2. The summed E-state index contributed by atoms with van der Waals surface area (Å²) in [5.74, 6) is -1.81. The summed E-state index contributed by atoms with van der Waals surface area (Å²) in [5.41, 5.74) is 0. The average Bonchev–Trinajstić information content (AvgIpc) is 3.44. The summed E-state index contributed by atoms with van der Waals surface area (Å²) in [6.07, 6.45) is 29.6. The second-order valence-electron chi connectivity index (χ2n) is 17.2. The number of hydrogen-bond donors (Lipinski definition) is 2. The van der Waals surface area contributed by atoms with Gasteiger partial charge >= 0.3 is 11.9 Å². The molecule has 0 bridgehead atoms.